The van der Waals surface area contributed by atoms with E-state index >= 15 is 0 Å². The highest BCUT2D eigenvalue weighted by Gasteiger charge is 2.06. The van der Waals surface area contributed by atoms with Gasteiger partial charge in [-0.3, -0.25) is 0 Å². The summed E-state index contributed by atoms with van der Waals surface area (Å²) in [6.45, 7) is 12.1. The molecular weight excluding hydrogens is 272 g/mol. The van der Waals surface area contributed by atoms with Gasteiger partial charge in [0.2, 0.25) is 0 Å². The highest BCUT2D eigenvalue weighted by atomic mass is 35.5. The standard InChI is InChI=1S/C16H27ClN2O/c1-4-9-18-13-14-12-15(17)7-8-16(14)20-11-10-19(5-2)6-3/h7-8,12,18H,4-6,9-11,13H2,1-3H3. The quantitative estimate of drug-likeness (QED) is 0.669. The van der Waals surface area contributed by atoms with Gasteiger partial charge in [0.25, 0.3) is 0 Å². The Bertz CT molecular complexity index is 381. The average molecular weight is 299 g/mol. The maximum absolute atomic E-state index is 6.07. The Morgan fingerprint density at radius 1 is 1.20 bits per heavy atom. The van der Waals surface area contributed by atoms with E-state index in [1.54, 1.807) is 0 Å². The number of hydrogen-bond donors (Lipinski definition) is 1. The van der Waals surface area contributed by atoms with E-state index in [0.717, 1.165) is 55.5 Å². The zero-order valence-corrected chi connectivity index (χ0v) is 13.7. The van der Waals surface area contributed by atoms with Crippen LogP contribution in [0.15, 0.2) is 18.2 Å². The summed E-state index contributed by atoms with van der Waals surface area (Å²) in [5.41, 5.74) is 1.13. The molecule has 0 atom stereocenters. The van der Waals surface area contributed by atoms with Crippen LogP contribution in [0.5, 0.6) is 5.75 Å². The van der Waals surface area contributed by atoms with E-state index in [1.807, 2.05) is 18.2 Å². The molecule has 1 aromatic rings. The first-order valence-corrected chi connectivity index (χ1v) is 7.93. The van der Waals surface area contributed by atoms with Crippen molar-refractivity contribution in [3.63, 3.8) is 0 Å². The van der Waals surface area contributed by atoms with Crippen molar-refractivity contribution in [1.29, 1.82) is 0 Å². The molecule has 114 valence electrons. The minimum atomic E-state index is 0.712. The van der Waals surface area contributed by atoms with Crippen molar-refractivity contribution in [2.24, 2.45) is 0 Å². The average Bonchev–Trinajstić information content (AvgIpc) is 2.46. The maximum atomic E-state index is 6.07. The van der Waals surface area contributed by atoms with Crippen molar-refractivity contribution in [3.05, 3.63) is 28.8 Å². The van der Waals surface area contributed by atoms with Crippen molar-refractivity contribution in [1.82, 2.24) is 10.2 Å². The molecule has 0 aromatic heterocycles. The topological polar surface area (TPSA) is 24.5 Å². The van der Waals surface area contributed by atoms with Crippen LogP contribution in [-0.2, 0) is 6.54 Å². The molecule has 0 radical (unpaired) electrons. The summed E-state index contributed by atoms with van der Waals surface area (Å²) in [5.74, 6) is 0.935. The van der Waals surface area contributed by atoms with Crippen molar-refractivity contribution < 1.29 is 4.74 Å². The van der Waals surface area contributed by atoms with Gasteiger partial charge in [-0.25, -0.2) is 0 Å². The van der Waals surface area contributed by atoms with Crippen LogP contribution >= 0.6 is 11.6 Å². The largest absolute Gasteiger partial charge is 0.492 e. The molecule has 0 bridgehead atoms. The zero-order valence-electron chi connectivity index (χ0n) is 12.9. The maximum Gasteiger partial charge on any atom is 0.123 e. The van der Waals surface area contributed by atoms with Crippen molar-refractivity contribution >= 4 is 11.6 Å². The Labute approximate surface area is 128 Å². The lowest BCUT2D eigenvalue weighted by Gasteiger charge is -2.19. The fourth-order valence-electron chi connectivity index (χ4n) is 2.05. The molecule has 0 spiro atoms. The molecule has 0 heterocycles. The van der Waals surface area contributed by atoms with Gasteiger partial charge in [-0.2, -0.15) is 0 Å². The molecule has 1 rings (SSSR count). The van der Waals surface area contributed by atoms with E-state index in [0.29, 0.717) is 6.61 Å². The Kier molecular flexibility index (Phi) is 8.67. The Morgan fingerprint density at radius 2 is 1.95 bits per heavy atom. The Morgan fingerprint density at radius 3 is 2.60 bits per heavy atom. The molecule has 20 heavy (non-hydrogen) atoms. The lowest BCUT2D eigenvalue weighted by atomic mass is 10.2. The molecule has 1 N–H and O–H groups in total. The van der Waals surface area contributed by atoms with Gasteiger partial charge in [0.15, 0.2) is 0 Å². The number of benzene rings is 1. The number of halogens is 1. The number of rotatable bonds is 10. The summed E-state index contributed by atoms with van der Waals surface area (Å²) in [6, 6.07) is 5.84. The minimum Gasteiger partial charge on any atom is -0.492 e. The fourth-order valence-corrected chi connectivity index (χ4v) is 2.25. The normalized spacial score (nSPS) is 11.1. The molecule has 0 aliphatic heterocycles. The number of hydrogen-bond acceptors (Lipinski definition) is 3. The van der Waals surface area contributed by atoms with E-state index in [4.69, 9.17) is 16.3 Å². The van der Waals surface area contributed by atoms with Gasteiger partial charge in [0.05, 0.1) is 0 Å². The summed E-state index contributed by atoms with van der Waals surface area (Å²) < 4.78 is 5.92. The highest BCUT2D eigenvalue weighted by molar-refractivity contribution is 6.30. The molecule has 0 saturated carbocycles. The van der Waals surface area contributed by atoms with Gasteiger partial charge < -0.3 is 15.0 Å². The summed E-state index contributed by atoms with van der Waals surface area (Å²) in [4.78, 5) is 2.35. The molecule has 0 aliphatic carbocycles. The Hall–Kier alpha value is -0.770. The third kappa shape index (κ3) is 6.12. The van der Waals surface area contributed by atoms with Gasteiger partial charge >= 0.3 is 0 Å². The molecule has 0 fully saturated rings. The first-order valence-electron chi connectivity index (χ1n) is 7.55. The number of likely N-dealkylation sites (N-methyl/N-ethyl adjacent to an activating group) is 1. The number of ether oxygens (including phenoxy) is 1. The van der Waals surface area contributed by atoms with Gasteiger partial charge in [-0.05, 0) is 44.3 Å². The zero-order chi connectivity index (χ0) is 14.8. The predicted molar refractivity (Wildman–Crippen MR) is 86.7 cm³/mol. The SMILES string of the molecule is CCCNCc1cc(Cl)ccc1OCCN(CC)CC. The smallest absolute Gasteiger partial charge is 0.123 e. The van der Waals surface area contributed by atoms with E-state index < -0.39 is 0 Å². The van der Waals surface area contributed by atoms with Crippen LogP contribution in [0.1, 0.15) is 32.8 Å². The van der Waals surface area contributed by atoms with E-state index in [9.17, 15) is 0 Å². The summed E-state index contributed by atoms with van der Waals surface area (Å²) in [7, 11) is 0. The second-order valence-corrected chi connectivity index (χ2v) is 5.24. The summed E-state index contributed by atoms with van der Waals surface area (Å²) in [5, 5.41) is 4.15. The van der Waals surface area contributed by atoms with Crippen LogP contribution in [0, 0.1) is 0 Å². The summed E-state index contributed by atoms with van der Waals surface area (Å²) in [6.07, 6.45) is 1.12. The van der Waals surface area contributed by atoms with E-state index in [1.165, 1.54) is 0 Å². The van der Waals surface area contributed by atoms with Crippen molar-refractivity contribution in [2.75, 3.05) is 32.8 Å². The number of nitrogens with one attached hydrogen (secondary N) is 1. The van der Waals surface area contributed by atoms with E-state index in [-0.39, 0.29) is 0 Å². The van der Waals surface area contributed by atoms with Gasteiger partial charge in [-0.1, -0.05) is 32.4 Å². The van der Waals surface area contributed by atoms with Crippen molar-refractivity contribution in [2.45, 2.75) is 33.7 Å². The minimum absolute atomic E-state index is 0.712. The Balaban J connectivity index is 2.54. The first kappa shape index (κ1) is 17.3. The van der Waals surface area contributed by atoms with Crippen LogP contribution in [-0.4, -0.2) is 37.7 Å². The molecule has 3 nitrogen and oxygen atoms in total. The third-order valence-electron chi connectivity index (χ3n) is 3.32. The number of nitrogens with zero attached hydrogens (tertiary/aromatic N) is 1. The third-order valence-corrected chi connectivity index (χ3v) is 3.56. The second kappa shape index (κ2) is 10.0. The van der Waals surface area contributed by atoms with Crippen LogP contribution < -0.4 is 10.1 Å². The van der Waals surface area contributed by atoms with Crippen molar-refractivity contribution in [3.8, 4) is 5.75 Å². The lowest BCUT2D eigenvalue weighted by molar-refractivity contribution is 0.221. The van der Waals surface area contributed by atoms with E-state index in [2.05, 4.69) is 31.0 Å². The van der Waals surface area contributed by atoms with Gasteiger partial charge in [0.1, 0.15) is 12.4 Å². The van der Waals surface area contributed by atoms with Crippen LogP contribution in [0.2, 0.25) is 5.02 Å². The van der Waals surface area contributed by atoms with Crippen LogP contribution in [0.4, 0.5) is 0 Å². The van der Waals surface area contributed by atoms with Gasteiger partial charge in [-0.15, -0.1) is 0 Å². The predicted octanol–water partition coefficient (Wildman–Crippen LogP) is 3.56. The fraction of sp³-hybridized carbons (Fsp3) is 0.625. The molecule has 0 unspecified atom stereocenters. The van der Waals surface area contributed by atoms with Gasteiger partial charge in [0, 0.05) is 23.7 Å². The molecule has 0 amide bonds. The molecule has 4 heteroatoms. The first-order chi connectivity index (χ1) is 9.71. The molecule has 0 aliphatic rings. The molecular formula is C16H27ClN2O. The monoisotopic (exact) mass is 298 g/mol. The summed E-state index contributed by atoms with van der Waals surface area (Å²) >= 11 is 6.07. The molecule has 1 aromatic carbocycles. The van der Waals surface area contributed by atoms with Crippen LogP contribution in [0.25, 0.3) is 0 Å². The highest BCUT2D eigenvalue weighted by Crippen LogP contribution is 2.22. The van der Waals surface area contributed by atoms with Crippen LogP contribution in [0.3, 0.4) is 0 Å². The second-order valence-electron chi connectivity index (χ2n) is 4.80. The molecule has 0 saturated heterocycles. The lowest BCUT2D eigenvalue weighted by Crippen LogP contribution is -2.28.